The van der Waals surface area contributed by atoms with E-state index in [9.17, 15) is 0 Å². The molecule has 0 N–H and O–H groups in total. The van der Waals surface area contributed by atoms with Gasteiger partial charge in [0.15, 0.2) is 0 Å². The van der Waals surface area contributed by atoms with E-state index >= 15 is 0 Å². The Morgan fingerprint density at radius 1 is 0.909 bits per heavy atom. The number of nitrogens with zero attached hydrogens (tertiary/aromatic N) is 2. The third-order valence-electron chi connectivity index (χ3n) is 3.54. The number of rotatable bonds is 14. The molecule has 22 heavy (non-hydrogen) atoms. The van der Waals surface area contributed by atoms with Gasteiger partial charge in [0, 0.05) is 25.5 Å². The Bertz CT molecular complexity index is 280. The summed E-state index contributed by atoms with van der Waals surface area (Å²) in [5.41, 5.74) is 1.16. The van der Waals surface area contributed by atoms with Crippen LogP contribution < -0.4 is 0 Å². The number of aliphatic imine (C=N–C) groups is 1. The Morgan fingerprint density at radius 3 is 1.82 bits per heavy atom. The molecule has 0 aromatic carbocycles. The second kappa shape index (κ2) is 13.2. The molecule has 0 spiro atoms. The Morgan fingerprint density at radius 2 is 1.41 bits per heavy atom. The van der Waals surface area contributed by atoms with Gasteiger partial charge in [-0.15, -0.1) is 0 Å². The first-order chi connectivity index (χ1) is 10.6. The van der Waals surface area contributed by atoms with E-state index in [0.29, 0.717) is 26.0 Å². The van der Waals surface area contributed by atoms with Crippen LogP contribution in [0.1, 0.15) is 54.4 Å². The summed E-state index contributed by atoms with van der Waals surface area (Å²) in [4.78, 5) is 7.12. The highest BCUT2D eigenvalue weighted by Crippen LogP contribution is 2.11. The van der Waals surface area contributed by atoms with Gasteiger partial charge in [-0.2, -0.15) is 0 Å². The van der Waals surface area contributed by atoms with Gasteiger partial charge in [-0.25, -0.2) is 0 Å². The van der Waals surface area contributed by atoms with Gasteiger partial charge in [0.1, 0.15) is 6.17 Å². The lowest BCUT2D eigenvalue weighted by Crippen LogP contribution is -2.49. The fourth-order valence-corrected chi connectivity index (χ4v) is 4.64. The second-order valence-electron chi connectivity index (χ2n) is 5.16. The maximum Gasteiger partial charge on any atom is 0.523 e. The molecule has 0 rings (SSSR count). The largest absolute Gasteiger partial charge is 0.523 e. The maximum atomic E-state index is 5.82. The molecule has 0 unspecified atom stereocenters. The Balaban J connectivity index is 4.45. The summed E-state index contributed by atoms with van der Waals surface area (Å²) in [6, 6.07) is 0. The van der Waals surface area contributed by atoms with Crippen molar-refractivity contribution in [2.45, 2.75) is 54.4 Å². The molecule has 0 fully saturated rings. The lowest BCUT2D eigenvalue weighted by atomic mass is 10.2. The molecule has 6 heteroatoms. The zero-order chi connectivity index (χ0) is 16.8. The summed E-state index contributed by atoms with van der Waals surface area (Å²) in [6.45, 7) is 17.6. The van der Waals surface area contributed by atoms with Crippen molar-refractivity contribution in [2.75, 3.05) is 45.6 Å². The Hall–Kier alpha value is -0.273. The molecule has 0 saturated heterocycles. The summed E-state index contributed by atoms with van der Waals surface area (Å²) in [5.74, 6) is 0. The minimum atomic E-state index is -2.63. The standard InChI is InChI=1S/C16H36N2O3Si/c1-7-18(8-2)14-12-13-16(6)17-15-22(19-9-3,20-10-4)21-11-5/h7-15H2,1-6H3. The summed E-state index contributed by atoms with van der Waals surface area (Å²) in [7, 11) is -2.63. The molecule has 0 heterocycles. The van der Waals surface area contributed by atoms with Crippen LogP contribution in [0, 0.1) is 0 Å². The first-order valence-electron chi connectivity index (χ1n) is 8.71. The van der Waals surface area contributed by atoms with Gasteiger partial charge < -0.3 is 18.2 Å². The predicted molar refractivity (Wildman–Crippen MR) is 95.6 cm³/mol. The molecule has 0 aromatic rings. The normalized spacial score (nSPS) is 13.1. The fourth-order valence-electron chi connectivity index (χ4n) is 2.33. The molecule has 0 bridgehead atoms. The topological polar surface area (TPSA) is 43.3 Å². The van der Waals surface area contributed by atoms with Crippen LogP contribution in [0.5, 0.6) is 0 Å². The minimum Gasteiger partial charge on any atom is -0.373 e. The van der Waals surface area contributed by atoms with E-state index in [-0.39, 0.29) is 0 Å². The van der Waals surface area contributed by atoms with Crippen molar-refractivity contribution < 1.29 is 13.3 Å². The molecule has 0 saturated carbocycles. The predicted octanol–water partition coefficient (Wildman–Crippen LogP) is 3.16. The Kier molecular flexibility index (Phi) is 13.0. The molecule has 132 valence electrons. The lowest BCUT2D eigenvalue weighted by Gasteiger charge is -2.27. The van der Waals surface area contributed by atoms with Gasteiger partial charge in [0.2, 0.25) is 0 Å². The average molecular weight is 333 g/mol. The van der Waals surface area contributed by atoms with Crippen molar-refractivity contribution >= 4 is 14.5 Å². The average Bonchev–Trinajstić information content (AvgIpc) is 2.50. The fraction of sp³-hybridized carbons (Fsp3) is 0.938. The van der Waals surface area contributed by atoms with Crippen molar-refractivity contribution in [3.8, 4) is 0 Å². The number of hydrogen-bond donors (Lipinski definition) is 0. The van der Waals surface area contributed by atoms with Crippen molar-refractivity contribution in [3.05, 3.63) is 0 Å². The van der Waals surface area contributed by atoms with Gasteiger partial charge >= 0.3 is 8.80 Å². The van der Waals surface area contributed by atoms with Gasteiger partial charge in [-0.3, -0.25) is 4.99 Å². The van der Waals surface area contributed by atoms with Crippen molar-refractivity contribution in [1.29, 1.82) is 0 Å². The lowest BCUT2D eigenvalue weighted by molar-refractivity contribution is 0.0729. The first-order valence-corrected chi connectivity index (χ1v) is 10.6. The molecule has 0 atom stereocenters. The van der Waals surface area contributed by atoms with Gasteiger partial charge in [-0.05, 0) is 60.2 Å². The maximum absolute atomic E-state index is 5.82. The van der Waals surface area contributed by atoms with Crippen LogP contribution >= 0.6 is 0 Å². The molecule has 0 radical (unpaired) electrons. The summed E-state index contributed by atoms with van der Waals surface area (Å²) < 4.78 is 17.5. The van der Waals surface area contributed by atoms with Crippen LogP contribution in [0.25, 0.3) is 0 Å². The highest BCUT2D eigenvalue weighted by Gasteiger charge is 2.40. The minimum absolute atomic E-state index is 0.527. The monoisotopic (exact) mass is 332 g/mol. The SMILES string of the molecule is CCO[Si](CN=C(C)CCCN(CC)CC)(OCC)OCC. The first kappa shape index (κ1) is 21.7. The summed E-state index contributed by atoms with van der Waals surface area (Å²) in [5, 5.41) is 0. The molecular formula is C16H36N2O3Si. The van der Waals surface area contributed by atoms with Crippen LogP contribution in [0.3, 0.4) is 0 Å². The molecule has 0 amide bonds. The van der Waals surface area contributed by atoms with Crippen LogP contribution in [-0.4, -0.2) is 65.0 Å². The highest BCUT2D eigenvalue weighted by molar-refractivity contribution is 6.61. The zero-order valence-corrected chi connectivity index (χ0v) is 16.5. The van der Waals surface area contributed by atoms with E-state index in [0.717, 1.165) is 38.2 Å². The Labute approximate surface area is 138 Å². The van der Waals surface area contributed by atoms with E-state index in [1.54, 1.807) is 0 Å². The van der Waals surface area contributed by atoms with E-state index in [1.807, 2.05) is 20.8 Å². The molecule has 0 aliphatic rings. The van der Waals surface area contributed by atoms with E-state index in [1.165, 1.54) is 0 Å². The smallest absolute Gasteiger partial charge is 0.373 e. The van der Waals surface area contributed by atoms with Crippen LogP contribution in [0.15, 0.2) is 4.99 Å². The third-order valence-corrected chi connectivity index (χ3v) is 6.27. The molecule has 0 aliphatic heterocycles. The van der Waals surface area contributed by atoms with Crippen LogP contribution in [0.4, 0.5) is 0 Å². The van der Waals surface area contributed by atoms with E-state index in [2.05, 4.69) is 30.7 Å². The molecule has 0 aromatic heterocycles. The van der Waals surface area contributed by atoms with Gasteiger partial charge in [0.25, 0.3) is 0 Å². The van der Waals surface area contributed by atoms with E-state index < -0.39 is 8.80 Å². The van der Waals surface area contributed by atoms with Crippen LogP contribution in [0.2, 0.25) is 0 Å². The quantitative estimate of drug-likeness (QED) is 0.362. The molecule has 5 nitrogen and oxygen atoms in total. The second-order valence-corrected chi connectivity index (χ2v) is 7.71. The highest BCUT2D eigenvalue weighted by atomic mass is 28.4. The summed E-state index contributed by atoms with van der Waals surface area (Å²) in [6.07, 6.45) is 2.69. The molecule has 0 aliphatic carbocycles. The van der Waals surface area contributed by atoms with E-state index in [4.69, 9.17) is 13.3 Å². The summed E-state index contributed by atoms with van der Waals surface area (Å²) >= 11 is 0. The molecular weight excluding hydrogens is 296 g/mol. The number of hydrogen-bond acceptors (Lipinski definition) is 5. The van der Waals surface area contributed by atoms with Gasteiger partial charge in [-0.1, -0.05) is 13.8 Å². The zero-order valence-electron chi connectivity index (χ0n) is 15.5. The van der Waals surface area contributed by atoms with Crippen LogP contribution in [-0.2, 0) is 13.3 Å². The third kappa shape index (κ3) is 9.00. The van der Waals surface area contributed by atoms with Gasteiger partial charge in [0.05, 0.1) is 0 Å². The van der Waals surface area contributed by atoms with Crippen molar-refractivity contribution in [1.82, 2.24) is 4.90 Å². The van der Waals surface area contributed by atoms with Crippen molar-refractivity contribution in [3.63, 3.8) is 0 Å². The van der Waals surface area contributed by atoms with Crippen molar-refractivity contribution in [2.24, 2.45) is 4.99 Å².